The number of rotatable bonds is 3. The fraction of sp³-hybridized carbons (Fsp3) is 0.538. The van der Waals surface area contributed by atoms with Gasteiger partial charge in [-0.2, -0.15) is 0 Å². The van der Waals surface area contributed by atoms with Crippen molar-refractivity contribution in [3.63, 3.8) is 0 Å². The van der Waals surface area contributed by atoms with Crippen LogP contribution in [0.5, 0.6) is 5.75 Å². The first-order valence-corrected chi connectivity index (χ1v) is 7.16. The summed E-state index contributed by atoms with van der Waals surface area (Å²) in [6, 6.07) is 5.02. The predicted octanol–water partition coefficient (Wildman–Crippen LogP) is 3.54. The molecule has 1 aliphatic rings. The Labute approximate surface area is 124 Å². The standard InChI is InChI=1S/C13H16BrF3N2O/c1-18-10-3-2-6-19(8-10)11-5-4-9(14)7-12(11)20-13(15,16)17/h4-5,7,10,18H,2-3,6,8H2,1H3. The minimum absolute atomic E-state index is 0.163. The second-order valence-electron chi connectivity index (χ2n) is 4.73. The molecule has 1 aliphatic heterocycles. The highest BCUT2D eigenvalue weighted by atomic mass is 79.9. The van der Waals surface area contributed by atoms with E-state index in [2.05, 4.69) is 26.0 Å². The normalized spacial score (nSPS) is 20.1. The van der Waals surface area contributed by atoms with E-state index < -0.39 is 6.36 Å². The van der Waals surface area contributed by atoms with Crippen LogP contribution in [-0.2, 0) is 0 Å². The van der Waals surface area contributed by atoms with Gasteiger partial charge in [0.25, 0.3) is 0 Å². The maximum atomic E-state index is 12.5. The zero-order valence-corrected chi connectivity index (χ0v) is 12.6. The van der Waals surface area contributed by atoms with Crippen molar-refractivity contribution in [2.45, 2.75) is 25.2 Å². The average Bonchev–Trinajstić information content (AvgIpc) is 2.37. The predicted molar refractivity (Wildman–Crippen MR) is 75.1 cm³/mol. The van der Waals surface area contributed by atoms with Crippen LogP contribution >= 0.6 is 15.9 Å². The SMILES string of the molecule is CNC1CCCN(c2ccc(Br)cc2OC(F)(F)F)C1. The van der Waals surface area contributed by atoms with Crippen molar-refractivity contribution >= 4 is 21.6 Å². The number of halogens is 4. The van der Waals surface area contributed by atoms with Gasteiger partial charge in [-0.1, -0.05) is 15.9 Å². The number of anilines is 1. The zero-order chi connectivity index (χ0) is 14.8. The largest absolute Gasteiger partial charge is 0.573 e. The molecular weight excluding hydrogens is 337 g/mol. The molecule has 20 heavy (non-hydrogen) atoms. The molecule has 0 amide bonds. The van der Waals surface area contributed by atoms with Crippen molar-refractivity contribution < 1.29 is 17.9 Å². The minimum Gasteiger partial charge on any atom is -0.404 e. The quantitative estimate of drug-likeness (QED) is 0.900. The number of piperidine rings is 1. The molecule has 1 aromatic rings. The molecule has 1 heterocycles. The lowest BCUT2D eigenvalue weighted by molar-refractivity contribution is -0.274. The highest BCUT2D eigenvalue weighted by Crippen LogP contribution is 2.36. The summed E-state index contributed by atoms with van der Waals surface area (Å²) in [6.07, 6.45) is -2.72. The molecule has 0 spiro atoms. The molecule has 1 aromatic carbocycles. The lowest BCUT2D eigenvalue weighted by atomic mass is 10.0. The van der Waals surface area contributed by atoms with E-state index >= 15 is 0 Å². The van der Waals surface area contributed by atoms with Crippen LogP contribution in [0.2, 0.25) is 0 Å². The summed E-state index contributed by atoms with van der Waals surface area (Å²) >= 11 is 3.18. The van der Waals surface area contributed by atoms with Crippen molar-refractivity contribution in [2.75, 3.05) is 25.0 Å². The number of likely N-dealkylation sites (N-methyl/N-ethyl adjacent to an activating group) is 1. The summed E-state index contributed by atoms with van der Waals surface area (Å²) < 4.78 is 42.2. The van der Waals surface area contributed by atoms with Gasteiger partial charge in [-0.3, -0.25) is 0 Å². The highest BCUT2D eigenvalue weighted by Gasteiger charge is 2.33. The molecule has 1 unspecified atom stereocenters. The lowest BCUT2D eigenvalue weighted by Gasteiger charge is -2.35. The third-order valence-corrected chi connectivity index (χ3v) is 3.81. The molecule has 1 atom stereocenters. The Morgan fingerprint density at radius 3 is 2.80 bits per heavy atom. The second kappa shape index (κ2) is 6.22. The number of hydrogen-bond acceptors (Lipinski definition) is 3. The first-order chi connectivity index (χ1) is 9.39. The zero-order valence-electron chi connectivity index (χ0n) is 11.0. The summed E-state index contributed by atoms with van der Waals surface area (Å²) in [4.78, 5) is 1.93. The Morgan fingerprint density at radius 2 is 2.15 bits per heavy atom. The Morgan fingerprint density at radius 1 is 1.40 bits per heavy atom. The molecular formula is C13H16BrF3N2O. The number of ether oxygens (including phenoxy) is 1. The van der Waals surface area contributed by atoms with Gasteiger partial charge in [0.05, 0.1) is 5.69 Å². The maximum absolute atomic E-state index is 12.5. The van der Waals surface area contributed by atoms with Crippen molar-refractivity contribution in [1.29, 1.82) is 0 Å². The van der Waals surface area contributed by atoms with Gasteiger partial charge < -0.3 is 15.0 Å². The van der Waals surface area contributed by atoms with Gasteiger partial charge in [-0.15, -0.1) is 13.2 Å². The molecule has 0 bridgehead atoms. The summed E-state index contributed by atoms with van der Waals surface area (Å²) in [5.74, 6) is -0.163. The van der Waals surface area contributed by atoms with E-state index in [-0.39, 0.29) is 11.8 Å². The third-order valence-electron chi connectivity index (χ3n) is 3.32. The molecule has 2 rings (SSSR count). The van der Waals surface area contributed by atoms with Crippen LogP contribution in [0.15, 0.2) is 22.7 Å². The van der Waals surface area contributed by atoms with Gasteiger partial charge >= 0.3 is 6.36 Å². The minimum atomic E-state index is -4.69. The number of benzene rings is 1. The molecule has 3 nitrogen and oxygen atoms in total. The average molecular weight is 353 g/mol. The molecule has 1 saturated heterocycles. The molecule has 0 aromatic heterocycles. The molecule has 1 fully saturated rings. The van der Waals surface area contributed by atoms with E-state index in [9.17, 15) is 13.2 Å². The fourth-order valence-electron chi connectivity index (χ4n) is 2.39. The fourth-order valence-corrected chi connectivity index (χ4v) is 2.73. The summed E-state index contributed by atoms with van der Waals surface area (Å²) in [7, 11) is 1.86. The van der Waals surface area contributed by atoms with Crippen molar-refractivity contribution in [1.82, 2.24) is 5.32 Å². The number of hydrogen-bond donors (Lipinski definition) is 1. The van der Waals surface area contributed by atoms with E-state index in [1.54, 1.807) is 12.1 Å². The van der Waals surface area contributed by atoms with E-state index in [4.69, 9.17) is 0 Å². The second-order valence-corrected chi connectivity index (χ2v) is 5.65. The smallest absolute Gasteiger partial charge is 0.404 e. The summed E-state index contributed by atoms with van der Waals surface area (Å²) in [6.45, 7) is 1.40. The van der Waals surface area contributed by atoms with Crippen molar-refractivity contribution in [2.24, 2.45) is 0 Å². The number of nitrogens with zero attached hydrogens (tertiary/aromatic N) is 1. The molecule has 1 N–H and O–H groups in total. The molecule has 7 heteroatoms. The number of nitrogens with one attached hydrogen (secondary N) is 1. The molecule has 0 saturated carbocycles. The van der Waals surface area contributed by atoms with Crippen LogP contribution in [0.4, 0.5) is 18.9 Å². The maximum Gasteiger partial charge on any atom is 0.573 e. The van der Waals surface area contributed by atoms with Gasteiger partial charge in [0.15, 0.2) is 5.75 Å². The first kappa shape index (κ1) is 15.4. The first-order valence-electron chi connectivity index (χ1n) is 6.36. The van der Waals surface area contributed by atoms with Gasteiger partial charge in [-0.05, 0) is 38.1 Å². The topological polar surface area (TPSA) is 24.5 Å². The van der Waals surface area contributed by atoms with E-state index in [0.29, 0.717) is 16.7 Å². The van der Waals surface area contributed by atoms with Crippen LogP contribution < -0.4 is 15.0 Å². The van der Waals surface area contributed by atoms with Crippen molar-refractivity contribution in [3.8, 4) is 5.75 Å². The summed E-state index contributed by atoms with van der Waals surface area (Å²) in [5, 5.41) is 3.17. The van der Waals surface area contributed by atoms with Crippen LogP contribution in [0.1, 0.15) is 12.8 Å². The van der Waals surface area contributed by atoms with E-state index in [1.165, 1.54) is 6.07 Å². The van der Waals surface area contributed by atoms with Crippen LogP contribution in [0.25, 0.3) is 0 Å². The van der Waals surface area contributed by atoms with E-state index in [1.807, 2.05) is 11.9 Å². The molecule has 0 radical (unpaired) electrons. The van der Waals surface area contributed by atoms with Crippen LogP contribution in [0, 0.1) is 0 Å². The van der Waals surface area contributed by atoms with Gasteiger partial charge in [-0.25, -0.2) is 0 Å². The van der Waals surface area contributed by atoms with Gasteiger partial charge in [0.1, 0.15) is 0 Å². The van der Waals surface area contributed by atoms with Gasteiger partial charge in [0.2, 0.25) is 0 Å². The molecule has 112 valence electrons. The third kappa shape index (κ3) is 4.02. The molecule has 0 aliphatic carbocycles. The van der Waals surface area contributed by atoms with Crippen LogP contribution in [-0.4, -0.2) is 32.5 Å². The Bertz CT molecular complexity index is 467. The van der Waals surface area contributed by atoms with Crippen LogP contribution in [0.3, 0.4) is 0 Å². The van der Waals surface area contributed by atoms with Crippen molar-refractivity contribution in [3.05, 3.63) is 22.7 Å². The highest BCUT2D eigenvalue weighted by molar-refractivity contribution is 9.10. The van der Waals surface area contributed by atoms with Gasteiger partial charge in [0, 0.05) is 23.6 Å². The van der Waals surface area contributed by atoms with E-state index in [0.717, 1.165) is 19.4 Å². The Kier molecular flexibility index (Phi) is 4.80. The number of alkyl halides is 3. The Hall–Kier alpha value is -0.950. The monoisotopic (exact) mass is 352 g/mol. The lowest BCUT2D eigenvalue weighted by Crippen LogP contribution is -2.44. The summed E-state index contributed by atoms with van der Waals surface area (Å²) in [5.41, 5.74) is 0.477. The Balaban J connectivity index is 2.26.